The van der Waals surface area contributed by atoms with Crippen molar-refractivity contribution in [1.29, 1.82) is 0 Å². The number of hydrogen-bond acceptors (Lipinski definition) is 3. The molecule has 1 aromatic rings. The molecule has 2 atom stereocenters. The van der Waals surface area contributed by atoms with Crippen molar-refractivity contribution >= 4 is 0 Å². The quantitative estimate of drug-likeness (QED) is 0.855. The zero-order valence-corrected chi connectivity index (χ0v) is 11.8. The summed E-state index contributed by atoms with van der Waals surface area (Å²) in [6.07, 6.45) is 2.07. The fourth-order valence-corrected chi connectivity index (χ4v) is 2.08. The third-order valence-electron chi connectivity index (χ3n) is 2.87. The van der Waals surface area contributed by atoms with Gasteiger partial charge in [0.1, 0.15) is 0 Å². The average molecular weight is 239 g/mol. The topological polar surface area (TPSA) is 39.1 Å². The van der Waals surface area contributed by atoms with E-state index in [1.807, 2.05) is 38.0 Å². The van der Waals surface area contributed by atoms with Gasteiger partial charge in [0.2, 0.25) is 0 Å². The van der Waals surface area contributed by atoms with Crippen LogP contribution in [0.1, 0.15) is 39.4 Å². The molecule has 0 aliphatic heterocycles. The van der Waals surface area contributed by atoms with Crippen LogP contribution >= 0.6 is 0 Å². The molecule has 0 saturated heterocycles. The van der Waals surface area contributed by atoms with Crippen LogP contribution in [-0.4, -0.2) is 29.5 Å². The second-order valence-electron chi connectivity index (χ2n) is 5.42. The van der Waals surface area contributed by atoms with Crippen molar-refractivity contribution in [2.24, 2.45) is 12.5 Å². The maximum atomic E-state index is 5.91. The van der Waals surface area contributed by atoms with Crippen molar-refractivity contribution in [2.75, 3.05) is 13.7 Å². The molecule has 17 heavy (non-hydrogen) atoms. The van der Waals surface area contributed by atoms with Crippen LogP contribution in [0.5, 0.6) is 0 Å². The van der Waals surface area contributed by atoms with Gasteiger partial charge in [0, 0.05) is 19.9 Å². The van der Waals surface area contributed by atoms with Crippen molar-refractivity contribution in [3.63, 3.8) is 0 Å². The van der Waals surface area contributed by atoms with Gasteiger partial charge < -0.3 is 10.1 Å². The summed E-state index contributed by atoms with van der Waals surface area (Å²) in [7, 11) is 3.89. The second kappa shape index (κ2) is 5.65. The summed E-state index contributed by atoms with van der Waals surface area (Å²) in [5.74, 6) is 0. The number of ether oxygens (including phenoxy) is 1. The minimum atomic E-state index is 0.0706. The van der Waals surface area contributed by atoms with Gasteiger partial charge in [-0.1, -0.05) is 20.8 Å². The van der Waals surface area contributed by atoms with E-state index in [0.29, 0.717) is 6.61 Å². The third-order valence-corrected chi connectivity index (χ3v) is 2.87. The maximum absolute atomic E-state index is 5.91. The van der Waals surface area contributed by atoms with Gasteiger partial charge in [-0.05, 0) is 25.5 Å². The first-order valence-electron chi connectivity index (χ1n) is 6.18. The molecule has 1 heterocycles. The van der Waals surface area contributed by atoms with Crippen LogP contribution in [0.25, 0.3) is 0 Å². The van der Waals surface area contributed by atoms with Gasteiger partial charge in [-0.2, -0.15) is 5.10 Å². The molecule has 0 aromatic carbocycles. The van der Waals surface area contributed by atoms with E-state index in [1.165, 1.54) is 0 Å². The lowest BCUT2D eigenvalue weighted by atomic mass is 9.83. The van der Waals surface area contributed by atoms with Crippen LogP contribution in [0.4, 0.5) is 0 Å². The van der Waals surface area contributed by atoms with Crippen LogP contribution < -0.4 is 5.32 Å². The molecule has 0 spiro atoms. The largest absolute Gasteiger partial charge is 0.376 e. The monoisotopic (exact) mass is 239 g/mol. The van der Waals surface area contributed by atoms with E-state index >= 15 is 0 Å². The summed E-state index contributed by atoms with van der Waals surface area (Å²) < 4.78 is 7.74. The predicted octanol–water partition coefficient (Wildman–Crippen LogP) is 2.13. The highest BCUT2D eigenvalue weighted by atomic mass is 16.5. The Kier molecular flexibility index (Phi) is 4.71. The molecule has 98 valence electrons. The Morgan fingerprint density at radius 1 is 1.47 bits per heavy atom. The fraction of sp³-hybridized carbons (Fsp3) is 0.769. The SMILES string of the molecule is CCOC(C(NC)c1ccn(C)n1)C(C)(C)C. The molecular weight excluding hydrogens is 214 g/mol. The molecule has 2 unspecified atom stereocenters. The van der Waals surface area contributed by atoms with Crippen molar-refractivity contribution in [2.45, 2.75) is 39.8 Å². The molecule has 0 saturated carbocycles. The Morgan fingerprint density at radius 2 is 2.12 bits per heavy atom. The second-order valence-corrected chi connectivity index (χ2v) is 5.42. The highest BCUT2D eigenvalue weighted by molar-refractivity contribution is 5.09. The van der Waals surface area contributed by atoms with Gasteiger partial charge in [0.05, 0.1) is 17.8 Å². The van der Waals surface area contributed by atoms with Crippen molar-refractivity contribution in [3.05, 3.63) is 18.0 Å². The molecule has 0 aliphatic rings. The van der Waals surface area contributed by atoms with Crippen LogP contribution in [0.2, 0.25) is 0 Å². The Bertz CT molecular complexity index is 341. The van der Waals surface area contributed by atoms with Gasteiger partial charge in [0.25, 0.3) is 0 Å². The van der Waals surface area contributed by atoms with E-state index in [1.54, 1.807) is 0 Å². The summed E-state index contributed by atoms with van der Waals surface area (Å²) in [5.41, 5.74) is 1.10. The van der Waals surface area contributed by atoms with Crippen molar-refractivity contribution < 1.29 is 4.74 Å². The zero-order valence-electron chi connectivity index (χ0n) is 11.8. The number of likely N-dealkylation sites (N-methyl/N-ethyl adjacent to an activating group) is 1. The van der Waals surface area contributed by atoms with Gasteiger partial charge in [0.15, 0.2) is 0 Å². The molecule has 1 rings (SSSR count). The molecule has 0 radical (unpaired) electrons. The lowest BCUT2D eigenvalue weighted by molar-refractivity contribution is -0.0360. The number of aromatic nitrogens is 2. The van der Waals surface area contributed by atoms with Gasteiger partial charge >= 0.3 is 0 Å². The molecule has 4 heteroatoms. The zero-order chi connectivity index (χ0) is 13.1. The van der Waals surface area contributed by atoms with Crippen LogP contribution in [0.3, 0.4) is 0 Å². The Hall–Kier alpha value is -0.870. The summed E-state index contributed by atoms with van der Waals surface area (Å²) >= 11 is 0. The molecule has 1 aromatic heterocycles. The number of aryl methyl sites for hydroxylation is 1. The van der Waals surface area contributed by atoms with Crippen LogP contribution in [0, 0.1) is 5.41 Å². The highest BCUT2D eigenvalue weighted by Gasteiger charge is 2.34. The molecule has 4 nitrogen and oxygen atoms in total. The lowest BCUT2D eigenvalue weighted by Gasteiger charge is -2.35. The lowest BCUT2D eigenvalue weighted by Crippen LogP contribution is -2.41. The Morgan fingerprint density at radius 3 is 2.47 bits per heavy atom. The average Bonchev–Trinajstić information content (AvgIpc) is 2.63. The van der Waals surface area contributed by atoms with Crippen LogP contribution in [0.15, 0.2) is 12.3 Å². The maximum Gasteiger partial charge on any atom is 0.0833 e. The molecule has 0 bridgehead atoms. The first kappa shape index (κ1) is 14.2. The first-order chi connectivity index (χ1) is 7.90. The van der Waals surface area contributed by atoms with Crippen LogP contribution in [-0.2, 0) is 11.8 Å². The summed E-state index contributed by atoms with van der Waals surface area (Å²) in [4.78, 5) is 0. The first-order valence-corrected chi connectivity index (χ1v) is 6.18. The smallest absolute Gasteiger partial charge is 0.0833 e. The molecule has 0 aliphatic carbocycles. The predicted molar refractivity (Wildman–Crippen MR) is 69.9 cm³/mol. The van der Waals surface area contributed by atoms with Gasteiger partial charge in [-0.3, -0.25) is 4.68 Å². The third kappa shape index (κ3) is 3.54. The minimum absolute atomic E-state index is 0.0706. The summed E-state index contributed by atoms with van der Waals surface area (Å²) in [5, 5.41) is 7.79. The summed E-state index contributed by atoms with van der Waals surface area (Å²) in [6, 6.07) is 2.16. The molecule has 0 amide bonds. The number of rotatable bonds is 5. The summed E-state index contributed by atoms with van der Waals surface area (Å²) in [6.45, 7) is 9.33. The number of nitrogens with zero attached hydrogens (tertiary/aromatic N) is 2. The minimum Gasteiger partial charge on any atom is -0.376 e. The van der Waals surface area contributed by atoms with E-state index < -0.39 is 0 Å². The van der Waals surface area contributed by atoms with Gasteiger partial charge in [-0.25, -0.2) is 0 Å². The number of nitrogens with one attached hydrogen (secondary N) is 1. The Labute approximate surface area is 104 Å². The number of hydrogen-bond donors (Lipinski definition) is 1. The van der Waals surface area contributed by atoms with Crippen molar-refractivity contribution in [3.8, 4) is 0 Å². The fourth-order valence-electron chi connectivity index (χ4n) is 2.08. The molecule has 0 fully saturated rings. The molecular formula is C13H25N3O. The van der Waals surface area contributed by atoms with Crippen molar-refractivity contribution in [1.82, 2.24) is 15.1 Å². The highest BCUT2D eigenvalue weighted by Crippen LogP contribution is 2.31. The standard InChI is InChI=1S/C13H25N3O/c1-7-17-12(13(2,3)4)11(14-5)10-8-9-16(6)15-10/h8-9,11-12,14H,7H2,1-6H3. The van der Waals surface area contributed by atoms with E-state index in [-0.39, 0.29) is 17.6 Å². The normalized spacial score (nSPS) is 15.9. The van der Waals surface area contributed by atoms with Gasteiger partial charge in [-0.15, -0.1) is 0 Å². The van der Waals surface area contributed by atoms with E-state index in [2.05, 4.69) is 31.2 Å². The molecule has 1 N–H and O–H groups in total. The Balaban J connectivity index is 2.97. The van der Waals surface area contributed by atoms with E-state index in [4.69, 9.17) is 4.74 Å². The van der Waals surface area contributed by atoms with E-state index in [9.17, 15) is 0 Å². The van der Waals surface area contributed by atoms with E-state index in [0.717, 1.165) is 5.69 Å².